The Morgan fingerprint density at radius 2 is 1.74 bits per heavy atom. The highest BCUT2D eigenvalue weighted by molar-refractivity contribution is 6.50. The summed E-state index contributed by atoms with van der Waals surface area (Å²) in [6.07, 6.45) is 0.531. The van der Waals surface area contributed by atoms with Gasteiger partial charge in [-0.15, -0.1) is 0 Å². The van der Waals surface area contributed by atoms with Crippen molar-refractivity contribution in [1.82, 2.24) is 15.1 Å². The Morgan fingerprint density at radius 1 is 1.03 bits per heavy atom. The number of benzene rings is 2. The van der Waals surface area contributed by atoms with Gasteiger partial charge in [-0.25, -0.2) is 0 Å². The summed E-state index contributed by atoms with van der Waals surface area (Å²) < 4.78 is 12.0. The fourth-order valence-corrected chi connectivity index (χ4v) is 5.40. The van der Waals surface area contributed by atoms with Gasteiger partial charge in [-0.1, -0.05) is 30.3 Å². The highest BCUT2D eigenvalue weighted by atomic mass is 16.5. The SMILES string of the molecule is BC1OC(B)(B)C(=O)N(Cc2ccc(COc3cccc4c3CN(C3CCC(=O)NC3=O)C4=O)cc2)C1B. The van der Waals surface area contributed by atoms with E-state index in [4.69, 9.17) is 9.47 Å². The number of carbonyl (C=O) groups excluding carboxylic acids is 4. The summed E-state index contributed by atoms with van der Waals surface area (Å²) in [5, 5.41) is 1.48. The largest absolute Gasteiger partial charge is 0.489 e. The predicted octanol–water partition coefficient (Wildman–Crippen LogP) is -2.78. The summed E-state index contributed by atoms with van der Waals surface area (Å²) in [4.78, 5) is 53.2. The number of hydrogen-bond acceptors (Lipinski definition) is 6. The molecule has 192 valence electrons. The van der Waals surface area contributed by atoms with Crippen molar-refractivity contribution in [3.8, 4) is 5.75 Å². The maximum atomic E-state index is 13.0. The van der Waals surface area contributed by atoms with E-state index in [0.717, 1.165) is 16.7 Å². The summed E-state index contributed by atoms with van der Waals surface area (Å²) in [6.45, 7) is 1.07. The van der Waals surface area contributed by atoms with Crippen LogP contribution < -0.4 is 10.1 Å². The second kappa shape index (κ2) is 10.0. The van der Waals surface area contributed by atoms with Crippen molar-refractivity contribution in [2.75, 3.05) is 0 Å². The lowest BCUT2D eigenvalue weighted by molar-refractivity contribution is -0.156. The lowest BCUT2D eigenvalue weighted by Crippen LogP contribution is -2.65. The van der Waals surface area contributed by atoms with Gasteiger partial charge in [0.05, 0.1) is 11.9 Å². The number of fused-ring (bicyclic) bond motifs is 1. The van der Waals surface area contributed by atoms with Crippen LogP contribution in [0.3, 0.4) is 0 Å². The second-order valence-electron chi connectivity index (χ2n) is 10.8. The first kappa shape index (κ1) is 26.2. The van der Waals surface area contributed by atoms with Crippen LogP contribution in [0.1, 0.15) is 39.9 Å². The minimum absolute atomic E-state index is 0.0191. The molecule has 9 nitrogen and oxygen atoms in total. The number of ether oxygens (including phenoxy) is 2. The van der Waals surface area contributed by atoms with Gasteiger partial charge in [-0.2, -0.15) is 0 Å². The van der Waals surface area contributed by atoms with Crippen molar-refractivity contribution >= 4 is 55.0 Å². The highest BCUT2D eigenvalue weighted by Crippen LogP contribution is 2.34. The van der Waals surface area contributed by atoms with Crippen LogP contribution in [0.5, 0.6) is 5.75 Å². The number of hydrogen-bond donors (Lipinski definition) is 1. The summed E-state index contributed by atoms with van der Waals surface area (Å²) in [7, 11) is 7.61. The number of rotatable bonds is 6. The molecule has 13 heteroatoms. The van der Waals surface area contributed by atoms with Crippen molar-refractivity contribution in [3.05, 3.63) is 64.7 Å². The van der Waals surface area contributed by atoms with Crippen LogP contribution in [0.25, 0.3) is 0 Å². The van der Waals surface area contributed by atoms with Gasteiger partial charge < -0.3 is 19.3 Å². The molecule has 2 fully saturated rings. The van der Waals surface area contributed by atoms with E-state index in [1.54, 1.807) is 12.1 Å². The molecule has 0 saturated carbocycles. The first-order chi connectivity index (χ1) is 18.0. The Hall–Kier alpha value is -3.46. The topological polar surface area (TPSA) is 105 Å². The number of carbonyl (C=O) groups is 4. The van der Waals surface area contributed by atoms with Gasteiger partial charge >= 0.3 is 0 Å². The van der Waals surface area contributed by atoms with Crippen molar-refractivity contribution in [2.45, 2.75) is 55.9 Å². The number of imide groups is 1. The molecule has 3 aliphatic heterocycles. The van der Waals surface area contributed by atoms with Crippen LogP contribution in [-0.4, -0.2) is 88.2 Å². The fourth-order valence-electron chi connectivity index (χ4n) is 5.40. The molecule has 3 unspecified atom stereocenters. The Morgan fingerprint density at radius 3 is 2.45 bits per heavy atom. The first-order valence-corrected chi connectivity index (χ1v) is 13.0. The Kier molecular flexibility index (Phi) is 6.90. The summed E-state index contributed by atoms with van der Waals surface area (Å²) >= 11 is 0. The third-order valence-corrected chi connectivity index (χ3v) is 7.74. The van der Waals surface area contributed by atoms with E-state index in [0.29, 0.717) is 30.9 Å². The van der Waals surface area contributed by atoms with E-state index < -0.39 is 17.3 Å². The molecule has 38 heavy (non-hydrogen) atoms. The average Bonchev–Trinajstić information content (AvgIpc) is 3.21. The van der Waals surface area contributed by atoms with E-state index in [1.807, 2.05) is 66.6 Å². The monoisotopic (exact) mass is 511 g/mol. The maximum absolute atomic E-state index is 13.0. The molecule has 0 bridgehead atoms. The van der Waals surface area contributed by atoms with Crippen LogP contribution in [0, 0.1) is 0 Å². The van der Waals surface area contributed by atoms with Crippen molar-refractivity contribution in [2.24, 2.45) is 0 Å². The normalized spacial score (nSPS) is 24.8. The van der Waals surface area contributed by atoms with Crippen LogP contribution in [0.2, 0.25) is 0 Å². The quantitative estimate of drug-likeness (QED) is 0.333. The van der Waals surface area contributed by atoms with Crippen molar-refractivity contribution in [3.63, 3.8) is 0 Å². The molecule has 5 rings (SSSR count). The fraction of sp³-hybridized carbons (Fsp3) is 0.360. The molecular weight excluding hydrogens is 482 g/mol. The third kappa shape index (κ3) is 4.87. The molecule has 0 aliphatic carbocycles. The van der Waals surface area contributed by atoms with E-state index >= 15 is 0 Å². The van der Waals surface area contributed by atoms with E-state index in [9.17, 15) is 19.2 Å². The lowest BCUT2D eigenvalue weighted by atomic mass is 9.61. The molecule has 3 atom stereocenters. The molecule has 0 radical (unpaired) electrons. The minimum Gasteiger partial charge on any atom is -0.489 e. The molecule has 2 aromatic carbocycles. The Labute approximate surface area is 225 Å². The van der Waals surface area contributed by atoms with Gasteiger partial charge in [-0.3, -0.25) is 24.5 Å². The summed E-state index contributed by atoms with van der Waals surface area (Å²) in [6, 6.07) is 12.6. The van der Waals surface area contributed by atoms with Crippen molar-refractivity contribution < 1.29 is 28.7 Å². The van der Waals surface area contributed by atoms with E-state index in [-0.39, 0.29) is 42.6 Å². The Balaban J connectivity index is 1.24. The molecule has 1 N–H and O–H groups in total. The van der Waals surface area contributed by atoms with E-state index in [2.05, 4.69) is 5.32 Å². The van der Waals surface area contributed by atoms with Crippen LogP contribution in [0.15, 0.2) is 42.5 Å². The van der Waals surface area contributed by atoms with Gasteiger partial charge in [0.25, 0.3) is 5.91 Å². The van der Waals surface area contributed by atoms with Crippen LogP contribution in [0.4, 0.5) is 0 Å². The smallest absolute Gasteiger partial charge is 0.255 e. The molecule has 4 amide bonds. The van der Waals surface area contributed by atoms with Gasteiger partial charge in [0.1, 0.15) is 49.8 Å². The highest BCUT2D eigenvalue weighted by Gasteiger charge is 2.43. The van der Waals surface area contributed by atoms with Gasteiger partial charge in [0, 0.05) is 36.0 Å². The predicted molar refractivity (Wildman–Crippen MR) is 149 cm³/mol. The zero-order valence-electron chi connectivity index (χ0n) is 22.2. The average molecular weight is 511 g/mol. The molecule has 0 aromatic heterocycles. The van der Waals surface area contributed by atoms with Crippen molar-refractivity contribution in [1.29, 1.82) is 0 Å². The number of piperidine rings is 1. The summed E-state index contributed by atoms with van der Waals surface area (Å²) in [5.41, 5.74) is 3.23. The standard InChI is InChI=1S/C25H29B4N3O6/c26-20-21(27)38-25(28,29)24(36)32(20)10-13-4-6-14(7-5-13)12-37-18-3-1-2-15-16(18)11-31(23(15)35)17-8-9-19(33)30-22(17)34/h1-7,17,20-21H,8-12,26-29H2,(H,30,33,34). The van der Waals surface area contributed by atoms with Gasteiger partial charge in [0.2, 0.25) is 17.7 Å². The zero-order valence-corrected chi connectivity index (χ0v) is 22.2. The molecule has 3 aliphatic rings. The molecule has 0 spiro atoms. The van der Waals surface area contributed by atoms with Gasteiger partial charge in [0.15, 0.2) is 0 Å². The molecule has 2 aromatic rings. The number of nitrogens with one attached hydrogen (secondary N) is 1. The summed E-state index contributed by atoms with van der Waals surface area (Å²) in [5.74, 6) is -0.422. The molecule has 3 heterocycles. The van der Waals surface area contributed by atoms with Gasteiger partial charge in [-0.05, 0) is 29.7 Å². The van der Waals surface area contributed by atoms with Crippen LogP contribution in [-0.2, 0) is 38.8 Å². The lowest BCUT2D eigenvalue weighted by Gasteiger charge is -2.46. The molecule has 2 saturated heterocycles. The zero-order chi connectivity index (χ0) is 27.2. The second-order valence-corrected chi connectivity index (χ2v) is 10.8. The minimum atomic E-state index is -0.842. The van der Waals surface area contributed by atoms with Crippen LogP contribution >= 0.6 is 0 Å². The maximum Gasteiger partial charge on any atom is 0.255 e. The third-order valence-electron chi connectivity index (χ3n) is 7.74. The number of amides is 4. The number of morpholine rings is 1. The Bertz CT molecular complexity index is 1300. The number of nitrogens with zero attached hydrogens (tertiary/aromatic N) is 2. The first-order valence-electron chi connectivity index (χ1n) is 13.0. The molecular formula is C25H29B4N3O6. The van der Waals surface area contributed by atoms with E-state index in [1.165, 1.54) is 4.90 Å².